The summed E-state index contributed by atoms with van der Waals surface area (Å²) in [6, 6.07) is 13.4. The van der Waals surface area contributed by atoms with Gasteiger partial charge in [0.2, 0.25) is 11.8 Å². The first kappa shape index (κ1) is 45.1. The molecule has 2 aromatic rings. The van der Waals surface area contributed by atoms with Gasteiger partial charge < -0.3 is 35.4 Å². The van der Waals surface area contributed by atoms with Crippen LogP contribution in [0.25, 0.3) is 0 Å². The molecule has 5 N–H and O–H groups in total. The second kappa shape index (κ2) is 21.7. The fraction of sp³-hybridized carbons (Fsp3) is 0.634. The first-order chi connectivity index (χ1) is 26.0. The van der Waals surface area contributed by atoms with Gasteiger partial charge in [0.1, 0.15) is 6.04 Å². The molecular formula is C41H65N7O7. The average molecular weight is 768 g/mol. The van der Waals surface area contributed by atoms with E-state index in [1.54, 1.807) is 21.7 Å². The Kier molecular flexibility index (Phi) is 17.8. The molecule has 5 unspecified atom stereocenters. The minimum atomic E-state index is -1.09. The summed E-state index contributed by atoms with van der Waals surface area (Å²) in [6.45, 7) is 15.4. The minimum Gasteiger partial charge on any atom is -0.453 e. The monoisotopic (exact) mass is 767 g/mol. The van der Waals surface area contributed by atoms with Crippen molar-refractivity contribution in [2.24, 2.45) is 17.3 Å². The Morgan fingerprint density at radius 1 is 0.982 bits per heavy atom. The van der Waals surface area contributed by atoms with Gasteiger partial charge in [-0.15, -0.1) is 0 Å². The SMILES string of the molecule is CCC(C)C(C(=O)NC(Cc1ccccc1)C(O)CN(CCC(C)C)NC(=O)CC(C)(C)CNC(=O)OC)N1CCN(Cc2cccc(CC(C)O)n2)C1=O. The van der Waals surface area contributed by atoms with Crippen molar-refractivity contribution in [3.63, 3.8) is 0 Å². The molecule has 5 amide bonds. The lowest BCUT2D eigenvalue weighted by Crippen LogP contribution is -2.58. The molecule has 14 heteroatoms. The van der Waals surface area contributed by atoms with E-state index in [-0.39, 0.29) is 49.8 Å². The molecule has 14 nitrogen and oxygen atoms in total. The number of urea groups is 1. The van der Waals surface area contributed by atoms with Crippen LogP contribution in [0.15, 0.2) is 48.5 Å². The number of carbonyl (C=O) groups excluding carboxylic acids is 4. The van der Waals surface area contributed by atoms with Gasteiger partial charge in [0.05, 0.1) is 37.6 Å². The largest absolute Gasteiger partial charge is 0.453 e. The molecule has 0 radical (unpaired) electrons. The molecule has 3 rings (SSSR count). The molecule has 5 atom stereocenters. The van der Waals surface area contributed by atoms with Crippen LogP contribution in [0, 0.1) is 17.3 Å². The lowest BCUT2D eigenvalue weighted by atomic mass is 9.89. The molecule has 1 aromatic carbocycles. The van der Waals surface area contributed by atoms with Gasteiger partial charge in [-0.2, -0.15) is 0 Å². The molecule has 55 heavy (non-hydrogen) atoms. The first-order valence-electron chi connectivity index (χ1n) is 19.6. The molecule has 0 spiro atoms. The molecule has 306 valence electrons. The number of ether oxygens (including phenoxy) is 1. The van der Waals surface area contributed by atoms with Gasteiger partial charge in [-0.1, -0.05) is 84.4 Å². The van der Waals surface area contributed by atoms with Crippen LogP contribution in [0.5, 0.6) is 0 Å². The van der Waals surface area contributed by atoms with Crippen molar-refractivity contribution < 1.29 is 34.1 Å². The van der Waals surface area contributed by atoms with Crippen molar-refractivity contribution in [2.75, 3.05) is 39.8 Å². The van der Waals surface area contributed by atoms with Gasteiger partial charge in [-0.3, -0.25) is 20.0 Å². The number of pyridine rings is 1. The van der Waals surface area contributed by atoms with E-state index in [1.165, 1.54) is 7.11 Å². The summed E-state index contributed by atoms with van der Waals surface area (Å²) in [4.78, 5) is 61.2. The number of aliphatic hydroxyl groups excluding tert-OH is 2. The standard InChI is InChI=1S/C41H65N7O7/c1-9-29(4)37(48-21-20-46(40(48)54)25-33-17-13-16-32(43-33)22-30(5)49)38(52)44-34(23-31-14-11-10-12-15-31)35(50)26-47(19-18-28(2)3)45-36(51)24-41(6,7)27-42-39(53)55-8/h10-17,28-30,34-35,37,49-50H,9,18-27H2,1-8H3,(H,42,53)(H,44,52)(H,45,51). The molecule has 0 aliphatic carbocycles. The van der Waals surface area contributed by atoms with E-state index >= 15 is 0 Å². The molecule has 0 saturated carbocycles. The quantitative estimate of drug-likeness (QED) is 0.111. The van der Waals surface area contributed by atoms with Crippen molar-refractivity contribution in [1.82, 2.24) is 35.9 Å². The average Bonchev–Trinajstić information content (AvgIpc) is 3.47. The van der Waals surface area contributed by atoms with Crippen molar-refractivity contribution in [3.8, 4) is 0 Å². The highest BCUT2D eigenvalue weighted by Crippen LogP contribution is 2.23. The van der Waals surface area contributed by atoms with E-state index in [0.717, 1.165) is 17.7 Å². The number of nitrogens with one attached hydrogen (secondary N) is 3. The summed E-state index contributed by atoms with van der Waals surface area (Å²) < 4.78 is 4.67. The maximum absolute atomic E-state index is 14.4. The van der Waals surface area contributed by atoms with E-state index in [4.69, 9.17) is 0 Å². The fourth-order valence-electron chi connectivity index (χ4n) is 6.64. The van der Waals surface area contributed by atoms with Crippen LogP contribution < -0.4 is 16.1 Å². The topological polar surface area (TPSA) is 177 Å². The minimum absolute atomic E-state index is 0.0443. The van der Waals surface area contributed by atoms with E-state index in [9.17, 15) is 29.4 Å². The number of hydrazine groups is 1. The van der Waals surface area contributed by atoms with Crippen LogP contribution in [0.3, 0.4) is 0 Å². The summed E-state index contributed by atoms with van der Waals surface area (Å²) in [5, 5.41) is 29.2. The zero-order valence-electron chi connectivity index (χ0n) is 34.1. The smallest absolute Gasteiger partial charge is 0.406 e. The molecule has 0 bridgehead atoms. The Morgan fingerprint density at radius 3 is 2.31 bits per heavy atom. The first-order valence-corrected chi connectivity index (χ1v) is 19.6. The molecular weight excluding hydrogens is 702 g/mol. The molecule has 1 aliphatic heterocycles. The zero-order valence-corrected chi connectivity index (χ0v) is 34.1. The van der Waals surface area contributed by atoms with E-state index in [2.05, 4.69) is 39.6 Å². The Labute approximate surface area is 327 Å². The van der Waals surface area contributed by atoms with E-state index in [1.807, 2.05) is 76.2 Å². The maximum Gasteiger partial charge on any atom is 0.406 e. The number of hydrogen-bond donors (Lipinski definition) is 5. The fourth-order valence-corrected chi connectivity index (χ4v) is 6.64. The van der Waals surface area contributed by atoms with Crippen molar-refractivity contribution in [2.45, 2.75) is 111 Å². The molecule has 1 aliphatic rings. The lowest BCUT2D eigenvalue weighted by Gasteiger charge is -2.35. The zero-order chi connectivity index (χ0) is 40.7. The summed E-state index contributed by atoms with van der Waals surface area (Å²) >= 11 is 0. The number of benzene rings is 1. The lowest BCUT2D eigenvalue weighted by molar-refractivity contribution is -0.131. The third-order valence-corrected chi connectivity index (χ3v) is 9.93. The number of amides is 5. The van der Waals surface area contributed by atoms with Crippen LogP contribution in [-0.4, -0.2) is 118 Å². The van der Waals surface area contributed by atoms with Gasteiger partial charge >= 0.3 is 12.1 Å². The third kappa shape index (κ3) is 15.1. The van der Waals surface area contributed by atoms with Gasteiger partial charge in [-0.05, 0) is 54.7 Å². The molecule has 1 saturated heterocycles. The predicted molar refractivity (Wildman–Crippen MR) is 211 cm³/mol. The second-order valence-electron chi connectivity index (χ2n) is 16.1. The number of carbonyl (C=O) groups is 4. The summed E-state index contributed by atoms with van der Waals surface area (Å²) in [5.74, 6) is -0.464. The van der Waals surface area contributed by atoms with Gasteiger partial charge in [0.25, 0.3) is 0 Å². The van der Waals surface area contributed by atoms with Crippen LogP contribution >= 0.6 is 0 Å². The summed E-state index contributed by atoms with van der Waals surface area (Å²) in [6.07, 6.45) is 0.0517. The van der Waals surface area contributed by atoms with Crippen molar-refractivity contribution >= 4 is 23.9 Å². The number of aromatic nitrogens is 1. The van der Waals surface area contributed by atoms with Crippen LogP contribution in [-0.2, 0) is 33.7 Å². The van der Waals surface area contributed by atoms with Crippen LogP contribution in [0.2, 0.25) is 0 Å². The normalized spacial score (nSPS) is 16.1. The Hall–Kier alpha value is -4.27. The highest BCUT2D eigenvalue weighted by atomic mass is 16.5. The van der Waals surface area contributed by atoms with Crippen LogP contribution in [0.1, 0.15) is 84.7 Å². The summed E-state index contributed by atoms with van der Waals surface area (Å²) in [5.41, 5.74) is 4.77. The Balaban J connectivity index is 1.80. The van der Waals surface area contributed by atoms with Gasteiger partial charge in [-0.25, -0.2) is 14.6 Å². The highest BCUT2D eigenvalue weighted by molar-refractivity contribution is 5.88. The molecule has 1 fully saturated rings. The Morgan fingerprint density at radius 2 is 1.67 bits per heavy atom. The second-order valence-corrected chi connectivity index (χ2v) is 16.1. The van der Waals surface area contributed by atoms with E-state index in [0.29, 0.717) is 50.5 Å². The number of methoxy groups -OCH3 is 1. The number of rotatable bonds is 22. The number of alkyl carbamates (subject to hydrolysis) is 1. The number of aliphatic hydroxyl groups is 2. The van der Waals surface area contributed by atoms with Gasteiger partial charge in [0, 0.05) is 51.3 Å². The van der Waals surface area contributed by atoms with Gasteiger partial charge in [0.15, 0.2) is 0 Å². The highest BCUT2D eigenvalue weighted by Gasteiger charge is 2.41. The van der Waals surface area contributed by atoms with Crippen molar-refractivity contribution in [1.29, 1.82) is 0 Å². The summed E-state index contributed by atoms with van der Waals surface area (Å²) in [7, 11) is 1.28. The number of nitrogens with zero attached hydrogens (tertiary/aromatic N) is 4. The molecule has 1 aromatic heterocycles. The maximum atomic E-state index is 14.4. The number of hydrogen-bond acceptors (Lipinski definition) is 9. The van der Waals surface area contributed by atoms with E-state index < -0.39 is 35.8 Å². The Bertz CT molecular complexity index is 1520. The van der Waals surface area contributed by atoms with Crippen LogP contribution in [0.4, 0.5) is 9.59 Å². The predicted octanol–water partition coefficient (Wildman–Crippen LogP) is 3.90. The van der Waals surface area contributed by atoms with Crippen molar-refractivity contribution in [3.05, 3.63) is 65.5 Å². The third-order valence-electron chi connectivity index (χ3n) is 9.93. The molecule has 2 heterocycles.